The van der Waals surface area contributed by atoms with Crippen molar-refractivity contribution in [3.8, 4) is 11.8 Å². The first kappa shape index (κ1) is 31.3. The van der Waals surface area contributed by atoms with E-state index in [0.717, 1.165) is 47.5 Å². The highest BCUT2D eigenvalue weighted by Crippen LogP contribution is 2.47. The molecule has 0 saturated carbocycles. The number of fused-ring (bicyclic) bond motifs is 2. The number of aromatic nitrogens is 1. The number of allylic oxidation sites excluding steroid dienone is 2. The summed E-state index contributed by atoms with van der Waals surface area (Å²) in [6, 6.07) is 12.1. The van der Waals surface area contributed by atoms with E-state index < -0.39 is 26.0 Å². The molecule has 0 atom stereocenters. The third kappa shape index (κ3) is 8.44. The van der Waals surface area contributed by atoms with Crippen molar-refractivity contribution >= 4 is 65.3 Å². The summed E-state index contributed by atoms with van der Waals surface area (Å²) in [4.78, 5) is 3.14. The molecule has 12 heteroatoms. The molecule has 4 rings (SSSR count). The lowest BCUT2D eigenvalue weighted by molar-refractivity contribution is -0.668. The monoisotopic (exact) mass is 632 g/mol. The molecule has 0 saturated heterocycles. The number of hydrogen-bond donors (Lipinski definition) is 1. The minimum atomic E-state index is -4.31. The zero-order chi connectivity index (χ0) is 29.8. The summed E-state index contributed by atoms with van der Waals surface area (Å²) in [6.45, 7) is 6.63. The van der Waals surface area contributed by atoms with Crippen LogP contribution in [0.5, 0.6) is 0 Å². The molecule has 8 nitrogen and oxygen atoms in total. The van der Waals surface area contributed by atoms with E-state index in [1.54, 1.807) is 30.0 Å². The smallest absolute Gasteiger partial charge is 0.265 e. The van der Waals surface area contributed by atoms with Gasteiger partial charge in [0.2, 0.25) is 5.52 Å². The van der Waals surface area contributed by atoms with Crippen LogP contribution in [0.15, 0.2) is 58.0 Å². The minimum absolute atomic E-state index is 0.218. The molecule has 0 bridgehead atoms. The SMILES string of the molecule is CC#Cc1ccc2sc(/C=C(/C=C3Sc4ccc(C)cc4N3CCCS(=O)(=O)[O-])CC)[n+](CCCS(=O)(=O)O)c2c1. The van der Waals surface area contributed by atoms with Crippen LogP contribution in [-0.4, -0.2) is 44.0 Å². The highest BCUT2D eigenvalue weighted by molar-refractivity contribution is 8.03. The number of benzene rings is 2. The van der Waals surface area contributed by atoms with Crippen molar-refractivity contribution in [2.75, 3.05) is 23.0 Å². The van der Waals surface area contributed by atoms with Gasteiger partial charge < -0.3 is 9.45 Å². The van der Waals surface area contributed by atoms with Gasteiger partial charge in [-0.15, -0.1) is 5.92 Å². The Morgan fingerprint density at radius 3 is 2.59 bits per heavy atom. The van der Waals surface area contributed by atoms with Gasteiger partial charge in [0, 0.05) is 41.3 Å². The summed E-state index contributed by atoms with van der Waals surface area (Å²) in [6.07, 6.45) is 5.37. The third-order valence-electron chi connectivity index (χ3n) is 6.47. The molecule has 0 radical (unpaired) electrons. The average molecular weight is 633 g/mol. The van der Waals surface area contributed by atoms with E-state index >= 15 is 0 Å². The predicted octanol–water partition coefficient (Wildman–Crippen LogP) is 5.33. The summed E-state index contributed by atoms with van der Waals surface area (Å²) in [5, 5.41) is 1.88. The molecule has 1 aliphatic heterocycles. The van der Waals surface area contributed by atoms with Gasteiger partial charge in [0.15, 0.2) is 6.54 Å². The van der Waals surface area contributed by atoms with Gasteiger partial charge in [0.1, 0.15) is 4.70 Å². The standard InChI is InChI=1S/C29H32N2O6S4/c1-4-8-23-10-12-27-25(18-23)31(14-7-16-41(35,36)37)29(39-27)20-22(5-2)19-28-30(13-6-15-40(32,33)34)24-17-21(3)9-11-26(24)38-28/h9-12,17-20H,5-7,13-16H2,1-3H3,(H-,32,33,34,35,36,37). The van der Waals surface area contributed by atoms with E-state index in [0.29, 0.717) is 19.5 Å². The zero-order valence-electron chi connectivity index (χ0n) is 23.1. The van der Waals surface area contributed by atoms with Gasteiger partial charge in [-0.3, -0.25) is 4.55 Å². The molecular weight excluding hydrogens is 601 g/mol. The van der Waals surface area contributed by atoms with Gasteiger partial charge in [0.25, 0.3) is 15.1 Å². The van der Waals surface area contributed by atoms with Crippen LogP contribution in [0.1, 0.15) is 49.2 Å². The summed E-state index contributed by atoms with van der Waals surface area (Å²) < 4.78 is 68.9. The lowest BCUT2D eigenvalue weighted by Gasteiger charge is -2.21. The van der Waals surface area contributed by atoms with E-state index in [4.69, 9.17) is 0 Å². The Kier molecular flexibility index (Phi) is 10.00. The summed E-state index contributed by atoms with van der Waals surface area (Å²) in [5.41, 5.74) is 4.91. The number of thioether (sulfide) groups is 1. The number of hydrogen-bond acceptors (Lipinski definition) is 8. The van der Waals surface area contributed by atoms with E-state index in [9.17, 15) is 25.9 Å². The van der Waals surface area contributed by atoms with Gasteiger partial charge in [-0.2, -0.15) is 13.0 Å². The quantitative estimate of drug-likeness (QED) is 0.171. The Bertz CT molecular complexity index is 1800. The summed E-state index contributed by atoms with van der Waals surface area (Å²) in [5.74, 6) is 5.23. The highest BCUT2D eigenvalue weighted by atomic mass is 32.2. The Hall–Kier alpha value is -2.66. The van der Waals surface area contributed by atoms with Gasteiger partial charge in [-0.25, -0.2) is 8.42 Å². The molecule has 2 heterocycles. The van der Waals surface area contributed by atoms with Crippen LogP contribution in [-0.2, 0) is 26.8 Å². The first-order valence-corrected chi connectivity index (χ1v) is 17.9. The molecule has 41 heavy (non-hydrogen) atoms. The fourth-order valence-electron chi connectivity index (χ4n) is 4.58. The third-order valence-corrected chi connectivity index (χ3v) is 10.3. The van der Waals surface area contributed by atoms with Gasteiger partial charge >= 0.3 is 0 Å². The van der Waals surface area contributed by atoms with Crippen molar-refractivity contribution in [1.82, 2.24) is 0 Å². The van der Waals surface area contributed by atoms with Crippen LogP contribution in [0.3, 0.4) is 0 Å². The molecule has 1 aliphatic rings. The van der Waals surface area contributed by atoms with Crippen molar-refractivity contribution in [3.63, 3.8) is 0 Å². The molecule has 3 aromatic rings. The van der Waals surface area contributed by atoms with Crippen molar-refractivity contribution in [1.29, 1.82) is 0 Å². The lowest BCUT2D eigenvalue weighted by Crippen LogP contribution is -2.36. The number of rotatable bonds is 11. The average Bonchev–Trinajstić information content (AvgIpc) is 3.39. The second-order valence-corrected chi connectivity index (χ2v) is 14.9. The van der Waals surface area contributed by atoms with Crippen LogP contribution in [0, 0.1) is 18.8 Å². The predicted molar refractivity (Wildman–Crippen MR) is 166 cm³/mol. The van der Waals surface area contributed by atoms with E-state index in [-0.39, 0.29) is 18.6 Å². The van der Waals surface area contributed by atoms with Crippen LogP contribution in [0.25, 0.3) is 16.3 Å². The number of aryl methyl sites for hydroxylation is 2. The molecule has 0 fully saturated rings. The van der Waals surface area contributed by atoms with E-state index in [2.05, 4.69) is 52.5 Å². The number of anilines is 1. The second-order valence-electron chi connectivity index (χ2n) is 9.68. The molecule has 0 unspecified atom stereocenters. The molecule has 0 spiro atoms. The molecule has 2 aromatic carbocycles. The van der Waals surface area contributed by atoms with Crippen molar-refractivity contribution < 1.29 is 30.5 Å². The van der Waals surface area contributed by atoms with Crippen LogP contribution in [0.4, 0.5) is 5.69 Å². The first-order valence-electron chi connectivity index (χ1n) is 13.1. The summed E-state index contributed by atoms with van der Waals surface area (Å²) in [7, 11) is -8.39. The zero-order valence-corrected chi connectivity index (χ0v) is 26.4. The van der Waals surface area contributed by atoms with Gasteiger partial charge in [0.05, 0.1) is 26.6 Å². The van der Waals surface area contributed by atoms with Crippen molar-refractivity contribution in [2.24, 2.45) is 0 Å². The lowest BCUT2D eigenvalue weighted by atomic mass is 10.1. The van der Waals surface area contributed by atoms with Crippen LogP contribution >= 0.6 is 23.1 Å². The van der Waals surface area contributed by atoms with Gasteiger partial charge in [-0.05, 0) is 68.2 Å². The number of nitrogens with zero attached hydrogens (tertiary/aromatic N) is 2. The first-order chi connectivity index (χ1) is 19.4. The molecule has 1 aromatic heterocycles. The Labute approximate surface area is 250 Å². The molecule has 0 aliphatic carbocycles. The minimum Gasteiger partial charge on any atom is -0.748 e. The van der Waals surface area contributed by atoms with E-state index in [1.165, 1.54) is 0 Å². The maximum absolute atomic E-state index is 11.4. The normalized spacial score (nSPS) is 14.9. The Balaban J connectivity index is 1.74. The molecule has 1 N–H and O–H groups in total. The Morgan fingerprint density at radius 1 is 1.12 bits per heavy atom. The second kappa shape index (κ2) is 13.1. The molecular formula is C29H32N2O6S4. The fraction of sp³-hybridized carbons (Fsp3) is 0.345. The largest absolute Gasteiger partial charge is 0.748 e. The fourth-order valence-corrected chi connectivity index (χ4v) is 7.84. The maximum Gasteiger partial charge on any atom is 0.265 e. The highest BCUT2D eigenvalue weighted by Gasteiger charge is 2.26. The Morgan fingerprint density at radius 2 is 1.90 bits per heavy atom. The van der Waals surface area contributed by atoms with Crippen molar-refractivity contribution in [3.05, 3.63) is 69.2 Å². The maximum atomic E-state index is 11.4. The van der Waals surface area contributed by atoms with Crippen LogP contribution in [0.2, 0.25) is 0 Å². The van der Waals surface area contributed by atoms with Crippen LogP contribution < -0.4 is 9.47 Å². The van der Waals surface area contributed by atoms with E-state index in [1.807, 2.05) is 31.2 Å². The molecule has 218 valence electrons. The molecule has 0 amide bonds. The number of thiazole rings is 1. The van der Waals surface area contributed by atoms with Crippen molar-refractivity contribution in [2.45, 2.75) is 51.5 Å². The topological polar surface area (TPSA) is 119 Å². The van der Waals surface area contributed by atoms with Gasteiger partial charge in [-0.1, -0.05) is 42.0 Å². The summed E-state index contributed by atoms with van der Waals surface area (Å²) >= 11 is 3.20.